The van der Waals surface area contributed by atoms with Gasteiger partial charge in [-0.25, -0.2) is 9.97 Å². The number of hydrogen-bond donors (Lipinski definition) is 1. The van der Waals surface area contributed by atoms with Crippen LogP contribution >= 0.6 is 0 Å². The van der Waals surface area contributed by atoms with Gasteiger partial charge in [-0.2, -0.15) is 0 Å². The zero-order valence-electron chi connectivity index (χ0n) is 51.5. The second-order valence-corrected chi connectivity index (χ2v) is 33.3. The van der Waals surface area contributed by atoms with E-state index in [1.807, 2.05) is 6.20 Å². The number of benzene rings is 6. The zero-order valence-corrected chi connectivity index (χ0v) is 54.8. The van der Waals surface area contributed by atoms with Crippen LogP contribution in [0.25, 0.3) is 84.0 Å². The van der Waals surface area contributed by atoms with Gasteiger partial charge < -0.3 is 9.67 Å². The largest absolute Gasteiger partial charge is 0.507 e. The minimum absolute atomic E-state index is 0. The molecule has 0 saturated carbocycles. The third kappa shape index (κ3) is 10.5. The van der Waals surface area contributed by atoms with Crippen LogP contribution in [0.4, 0.5) is 0 Å². The first-order chi connectivity index (χ1) is 36.9. The summed E-state index contributed by atoms with van der Waals surface area (Å²) in [4.78, 5) is 17.0. The Balaban J connectivity index is 0.00000774. The normalized spacial score (nSPS) is 13.3. The van der Waals surface area contributed by atoms with E-state index >= 15 is 0 Å². The van der Waals surface area contributed by atoms with E-state index in [1.165, 1.54) is 49.7 Å². The van der Waals surface area contributed by atoms with E-state index in [4.69, 9.17) is 15.0 Å². The molecule has 0 aliphatic carbocycles. The predicted molar refractivity (Wildman–Crippen MR) is 339 cm³/mol. The molecule has 3 aromatic heterocycles. The van der Waals surface area contributed by atoms with Gasteiger partial charge >= 0.3 is 0 Å². The molecule has 0 bridgehead atoms. The van der Waals surface area contributed by atoms with Gasteiger partial charge in [-0.15, -0.1) is 29.3 Å². The summed E-state index contributed by atoms with van der Waals surface area (Å²) in [5.41, 5.74) is 21.9. The molecule has 0 spiro atoms. The van der Waals surface area contributed by atoms with E-state index in [0.29, 0.717) is 17.7 Å². The molecule has 0 radical (unpaired) electrons. The van der Waals surface area contributed by atoms with Crippen molar-refractivity contribution >= 4 is 35.3 Å². The monoisotopic (exact) mass is 1260 g/mol. The molecule has 1 N–H and O–H groups in total. The summed E-state index contributed by atoms with van der Waals surface area (Å²) >= 11 is 0. The Morgan fingerprint density at radius 1 is 0.575 bits per heavy atom. The zero-order chi connectivity index (χ0) is 57.2. The van der Waals surface area contributed by atoms with Crippen molar-refractivity contribution in [3.8, 4) is 67.7 Å². The number of phenolic OH excluding ortho intramolecular Hbond substituents is 1. The quantitative estimate of drug-likeness (QED) is 0.109. The van der Waals surface area contributed by atoms with Crippen molar-refractivity contribution < 1.29 is 26.2 Å². The van der Waals surface area contributed by atoms with Crippen LogP contribution in [0.2, 0.25) is 19.6 Å². The molecule has 6 aromatic carbocycles. The van der Waals surface area contributed by atoms with Gasteiger partial charge in [-0.3, -0.25) is 9.55 Å². The van der Waals surface area contributed by atoms with E-state index in [1.54, 1.807) is 0 Å². The molecular weight excluding hydrogens is 1170 g/mol. The van der Waals surface area contributed by atoms with Gasteiger partial charge in [0, 0.05) is 50.6 Å². The molecule has 0 fully saturated rings. The molecule has 1 aliphatic rings. The fourth-order valence-electron chi connectivity index (χ4n) is 12.0. The average molecular weight is 1260 g/mol. The Labute approximate surface area is 494 Å². The minimum atomic E-state index is -1.81. The van der Waals surface area contributed by atoms with Crippen LogP contribution in [0.3, 0.4) is 0 Å². The summed E-state index contributed by atoms with van der Waals surface area (Å²) in [6.45, 7) is 47.0. The van der Waals surface area contributed by atoms with E-state index in [2.05, 4.69) is 250 Å². The first kappa shape index (κ1) is 58.8. The average Bonchev–Trinajstić information content (AvgIpc) is 4.17. The van der Waals surface area contributed by atoms with Crippen molar-refractivity contribution in [2.24, 2.45) is 0 Å². The van der Waals surface area contributed by atoms with Crippen molar-refractivity contribution in [2.75, 3.05) is 0 Å². The van der Waals surface area contributed by atoms with E-state index in [-0.39, 0.29) is 54.9 Å². The summed E-state index contributed by atoms with van der Waals surface area (Å²) in [6, 6.07) is 40.6. The van der Waals surface area contributed by atoms with E-state index in [9.17, 15) is 5.11 Å². The van der Waals surface area contributed by atoms with E-state index in [0.717, 1.165) is 91.2 Å². The Bertz CT molecular complexity index is 3800. The molecule has 0 atom stereocenters. The molecule has 1 aliphatic heterocycles. The molecule has 8 heteroatoms. The minimum Gasteiger partial charge on any atom is -0.507 e. The Morgan fingerprint density at radius 3 is 1.73 bits per heavy atom. The third-order valence-corrected chi connectivity index (χ3v) is 18.8. The van der Waals surface area contributed by atoms with Gasteiger partial charge in [-0.05, 0) is 103 Å². The molecular formula is C72H86N5OPtSi-. The number of aromatic hydroxyl groups is 1. The standard InChI is InChI=1S/C72H86N5OSi.Pt/c1-41(2)52-26-23-27-53(42(3)4)62(52)46-28-30-73-60(35-46)48-32-47(33-49(34-48)70(9,10)11)57-40-61-64(75-68-54-25-22-21-24-45(54)29-31-76(61)68)66-63(57)74-69(58-36-50(71(12,13)14)37-59(67(58)78)72(15,16)17)77(66)65-55(43(5)6)38-51(79(18,19)20)39-56(65)44(7)8;/h21-28,30,33-44,78H,29,31H2,1-20H3;/q-1;. The van der Waals surface area contributed by atoms with Crippen LogP contribution in [0, 0.1) is 6.07 Å². The van der Waals surface area contributed by atoms with Crippen molar-refractivity contribution in [1.82, 2.24) is 24.1 Å². The molecule has 9 aromatic rings. The van der Waals surface area contributed by atoms with Gasteiger partial charge in [0.15, 0.2) is 0 Å². The van der Waals surface area contributed by atoms with Gasteiger partial charge in [0.05, 0.1) is 35.9 Å². The number of pyridine rings is 1. The molecule has 10 rings (SSSR count). The van der Waals surface area contributed by atoms with E-state index < -0.39 is 8.07 Å². The topological polar surface area (TPSA) is 68.8 Å². The predicted octanol–water partition coefficient (Wildman–Crippen LogP) is 19.1. The summed E-state index contributed by atoms with van der Waals surface area (Å²) in [5, 5.41) is 14.6. The smallest absolute Gasteiger partial charge is 0.148 e. The molecule has 6 nitrogen and oxygen atoms in total. The number of rotatable bonds is 10. The van der Waals surface area contributed by atoms with Crippen LogP contribution in [-0.2, 0) is 50.3 Å². The van der Waals surface area contributed by atoms with Gasteiger partial charge in [0.25, 0.3) is 0 Å². The Hall–Kier alpha value is -5.88. The molecule has 80 heavy (non-hydrogen) atoms. The third-order valence-electron chi connectivity index (χ3n) is 16.8. The summed E-state index contributed by atoms with van der Waals surface area (Å²) in [7, 11) is -1.81. The van der Waals surface area contributed by atoms with Gasteiger partial charge in [0.1, 0.15) is 22.9 Å². The van der Waals surface area contributed by atoms with Crippen molar-refractivity contribution in [1.29, 1.82) is 0 Å². The van der Waals surface area contributed by atoms with Gasteiger partial charge in [-0.1, -0.05) is 226 Å². The number of aromatic nitrogens is 5. The SMILES string of the molecule is CC(C)c1cccc(C(C)C)c1-c1ccnc(-c2[c-]c(-c3cc4c(nc5n4CCc4ccccc4-5)c4c3nc(-c3cc(C(C)(C)C)cc(C(C)(C)C)c3O)n4-c3c(C(C)C)cc([Si](C)(C)C)cc3C(C)C)cc(C(C)(C)C)c2)c1.[Pt]. The molecule has 420 valence electrons. The first-order valence-corrected chi connectivity index (χ1v) is 32.7. The van der Waals surface area contributed by atoms with Crippen molar-refractivity contribution in [3.63, 3.8) is 0 Å². The first-order valence-electron chi connectivity index (χ1n) is 29.2. The fourth-order valence-corrected chi connectivity index (χ4v) is 13.2. The summed E-state index contributed by atoms with van der Waals surface area (Å²) < 4.78 is 4.91. The molecule has 0 unspecified atom stereocenters. The Morgan fingerprint density at radius 2 is 1.15 bits per heavy atom. The second-order valence-electron chi connectivity index (χ2n) is 28.2. The van der Waals surface area contributed by atoms with Crippen LogP contribution < -0.4 is 5.19 Å². The maximum atomic E-state index is 13.1. The van der Waals surface area contributed by atoms with Crippen LogP contribution in [0.5, 0.6) is 5.75 Å². The van der Waals surface area contributed by atoms with Gasteiger partial charge in [0.2, 0.25) is 0 Å². The Kier molecular flexibility index (Phi) is 15.5. The number of aryl methyl sites for hydroxylation is 2. The maximum Gasteiger partial charge on any atom is 0.148 e. The van der Waals surface area contributed by atoms with Crippen molar-refractivity contribution in [2.45, 2.75) is 190 Å². The van der Waals surface area contributed by atoms with Crippen molar-refractivity contribution in [3.05, 3.63) is 154 Å². The number of phenols is 1. The number of nitrogens with zero attached hydrogens (tertiary/aromatic N) is 5. The fraction of sp³-hybridized carbons (Fsp3) is 0.403. The molecule has 4 heterocycles. The van der Waals surface area contributed by atoms with Crippen LogP contribution in [-0.4, -0.2) is 37.3 Å². The number of imidazole rings is 2. The maximum absolute atomic E-state index is 13.1. The summed E-state index contributed by atoms with van der Waals surface area (Å²) in [5.74, 6) is 2.97. The number of hydrogen-bond acceptors (Lipinski definition) is 4. The number of fused-ring (bicyclic) bond motifs is 7. The summed E-state index contributed by atoms with van der Waals surface area (Å²) in [6.07, 6.45) is 2.88. The molecule has 0 saturated heterocycles. The van der Waals surface area contributed by atoms with Crippen LogP contribution in [0.1, 0.15) is 186 Å². The molecule has 0 amide bonds. The van der Waals surface area contributed by atoms with Crippen LogP contribution in [0.15, 0.2) is 103 Å². The second kappa shape index (κ2) is 21.1.